The second-order valence-electron chi connectivity index (χ2n) is 2.71. The highest BCUT2D eigenvalue weighted by molar-refractivity contribution is 7.63. The lowest BCUT2D eigenvalue weighted by molar-refractivity contribution is -0.114. The maximum atomic E-state index is 11.0. The third kappa shape index (κ3) is 8.69. The van der Waals surface area contributed by atoms with Crippen molar-refractivity contribution in [3.05, 3.63) is 12.7 Å². The number of phosphoric acid groups is 1. The fourth-order valence-electron chi connectivity index (χ4n) is 0.762. The summed E-state index contributed by atoms with van der Waals surface area (Å²) in [5, 5.41) is 0. The minimum Gasteiger partial charge on any atom is -0.324 e. The normalized spacial score (nSPS) is 15.7. The summed E-state index contributed by atoms with van der Waals surface area (Å²) in [5.74, 6) is -0.314. The van der Waals surface area contributed by atoms with E-state index in [1.165, 1.54) is 0 Å². The molecule has 15 heavy (non-hydrogen) atoms. The van der Waals surface area contributed by atoms with Crippen LogP contribution in [0.3, 0.4) is 0 Å². The molecule has 0 aliphatic heterocycles. The fraction of sp³-hybridized carbons (Fsp3) is 0.500. The summed E-state index contributed by atoms with van der Waals surface area (Å²) in [4.78, 5) is 36.2. The molecule has 0 saturated carbocycles. The Morgan fingerprint density at radius 3 is 2.27 bits per heavy atom. The van der Waals surface area contributed by atoms with E-state index in [9.17, 15) is 13.9 Å². The predicted octanol–water partition coefficient (Wildman–Crippen LogP) is 0.816. The van der Waals surface area contributed by atoms with Gasteiger partial charge >= 0.3 is 15.4 Å². The van der Waals surface area contributed by atoms with Gasteiger partial charge in [0.15, 0.2) is 5.78 Å². The maximum absolute atomic E-state index is 11.0. The van der Waals surface area contributed by atoms with Gasteiger partial charge in [-0.15, -0.1) is 0 Å². The van der Waals surface area contributed by atoms with Gasteiger partial charge in [-0.25, -0.2) is 8.88 Å². The number of carbonyl (C=O) groups excluding carboxylic acids is 1. The molecule has 7 nitrogen and oxygen atoms in total. The summed E-state index contributed by atoms with van der Waals surface area (Å²) >= 11 is 0. The van der Waals surface area contributed by atoms with E-state index >= 15 is 0 Å². The molecule has 0 bridgehead atoms. The predicted molar refractivity (Wildman–Crippen MR) is 52.3 cm³/mol. The Labute approximate surface area is 86.5 Å². The Bertz CT molecular complexity index is 330. The van der Waals surface area contributed by atoms with Crippen LogP contribution in [0.5, 0.6) is 0 Å². The number of carbonyl (C=O) groups is 1. The lowest BCUT2D eigenvalue weighted by Gasteiger charge is -2.11. The molecule has 88 valence electrons. The third-order valence-corrected chi connectivity index (χ3v) is 4.08. The van der Waals surface area contributed by atoms with Gasteiger partial charge in [0, 0.05) is 6.42 Å². The minimum atomic E-state index is -4.98. The Morgan fingerprint density at radius 1 is 1.33 bits per heavy atom. The van der Waals surface area contributed by atoms with Gasteiger partial charge in [-0.1, -0.05) is 6.58 Å². The van der Waals surface area contributed by atoms with Crippen molar-refractivity contribution in [1.82, 2.24) is 0 Å². The van der Waals surface area contributed by atoms with Crippen LogP contribution in [0.15, 0.2) is 12.7 Å². The first kappa shape index (κ1) is 14.7. The van der Waals surface area contributed by atoms with Crippen LogP contribution in [0.2, 0.25) is 0 Å². The molecule has 0 rings (SSSR count). The lowest BCUT2D eigenvalue weighted by atomic mass is 10.2. The lowest BCUT2D eigenvalue weighted by Crippen LogP contribution is -1.97. The van der Waals surface area contributed by atoms with E-state index in [2.05, 4.69) is 10.9 Å². The van der Waals surface area contributed by atoms with Crippen molar-refractivity contribution in [3.63, 3.8) is 0 Å². The quantitative estimate of drug-likeness (QED) is 0.456. The highest BCUT2D eigenvalue weighted by atomic mass is 31.3. The maximum Gasteiger partial charge on any atom is 0.476 e. The first-order valence-electron chi connectivity index (χ1n) is 3.90. The van der Waals surface area contributed by atoms with Crippen molar-refractivity contribution in [3.8, 4) is 0 Å². The molecule has 0 radical (unpaired) electrons. The molecule has 0 spiro atoms. The Morgan fingerprint density at radius 2 is 1.87 bits per heavy atom. The molecule has 0 aromatic heterocycles. The summed E-state index contributed by atoms with van der Waals surface area (Å²) < 4.78 is 24.9. The van der Waals surface area contributed by atoms with Crippen LogP contribution < -0.4 is 0 Å². The van der Waals surface area contributed by atoms with Crippen molar-refractivity contribution in [2.75, 3.05) is 6.16 Å². The monoisotopic (exact) mass is 258 g/mol. The fourth-order valence-corrected chi connectivity index (χ4v) is 2.98. The summed E-state index contributed by atoms with van der Waals surface area (Å²) in [6.07, 6.45) is 0.557. The number of hydrogen-bond acceptors (Lipinski definition) is 4. The standard InChI is InChI=1S/C6H12O7P2/c1-2-6(7)4-3-5-14(8,9)13-15(10,11)12/h2H,1,3-5H2,(H,8,9)(H2,10,11,12). The van der Waals surface area contributed by atoms with E-state index in [-0.39, 0.29) is 18.6 Å². The molecular weight excluding hydrogens is 246 g/mol. The van der Waals surface area contributed by atoms with Crippen molar-refractivity contribution >= 4 is 21.2 Å². The molecule has 9 heteroatoms. The minimum absolute atomic E-state index is 0.00136. The van der Waals surface area contributed by atoms with Crippen molar-refractivity contribution in [1.29, 1.82) is 0 Å². The molecule has 1 atom stereocenters. The molecule has 1 unspecified atom stereocenters. The summed E-state index contributed by atoms with van der Waals surface area (Å²) in [6.45, 7) is 3.20. The summed E-state index contributed by atoms with van der Waals surface area (Å²) in [5.41, 5.74) is 0. The second kappa shape index (κ2) is 5.70. The summed E-state index contributed by atoms with van der Waals surface area (Å²) in [7, 11) is -9.31. The van der Waals surface area contributed by atoms with Crippen molar-refractivity contribution in [2.45, 2.75) is 12.8 Å². The van der Waals surface area contributed by atoms with Crippen molar-refractivity contribution in [2.24, 2.45) is 0 Å². The highest BCUT2D eigenvalue weighted by Crippen LogP contribution is 2.57. The van der Waals surface area contributed by atoms with E-state index in [0.717, 1.165) is 6.08 Å². The summed E-state index contributed by atoms with van der Waals surface area (Å²) in [6, 6.07) is 0. The van der Waals surface area contributed by atoms with E-state index in [1.807, 2.05) is 0 Å². The van der Waals surface area contributed by atoms with Gasteiger partial charge in [0.05, 0.1) is 6.16 Å². The third-order valence-electron chi connectivity index (χ3n) is 1.33. The molecule has 0 aromatic carbocycles. The van der Waals surface area contributed by atoms with Crippen LogP contribution >= 0.6 is 15.4 Å². The average Bonchev–Trinajstić information content (AvgIpc) is 1.98. The highest BCUT2D eigenvalue weighted by Gasteiger charge is 2.29. The zero-order valence-electron chi connectivity index (χ0n) is 7.77. The van der Waals surface area contributed by atoms with E-state index < -0.39 is 21.6 Å². The largest absolute Gasteiger partial charge is 0.476 e. The Hall–Kier alpha value is -0.290. The second-order valence-corrected chi connectivity index (χ2v) is 6.06. The number of allylic oxidation sites excluding steroid dienone is 1. The molecule has 3 N–H and O–H groups in total. The van der Waals surface area contributed by atoms with Gasteiger partial charge in [-0.2, -0.15) is 0 Å². The average molecular weight is 258 g/mol. The van der Waals surface area contributed by atoms with E-state index in [1.54, 1.807) is 0 Å². The number of ketones is 1. The van der Waals surface area contributed by atoms with Crippen LogP contribution in [0, 0.1) is 0 Å². The van der Waals surface area contributed by atoms with Crippen molar-refractivity contribution < 1.29 is 32.9 Å². The van der Waals surface area contributed by atoms with Crippen LogP contribution in [0.4, 0.5) is 0 Å². The molecule has 0 fully saturated rings. The molecule has 0 aliphatic rings. The smallest absolute Gasteiger partial charge is 0.324 e. The van der Waals surface area contributed by atoms with E-state index in [0.29, 0.717) is 0 Å². The number of hydrogen-bond donors (Lipinski definition) is 3. The van der Waals surface area contributed by atoms with Gasteiger partial charge in [-0.05, 0) is 12.5 Å². The molecule has 0 saturated heterocycles. The van der Waals surface area contributed by atoms with Crippen LogP contribution in [-0.4, -0.2) is 26.6 Å². The Kier molecular flexibility index (Phi) is 5.59. The first-order valence-corrected chi connectivity index (χ1v) is 7.19. The number of rotatable bonds is 7. The van der Waals surface area contributed by atoms with E-state index in [4.69, 9.17) is 14.7 Å². The molecule has 0 aliphatic carbocycles. The zero-order valence-corrected chi connectivity index (χ0v) is 9.56. The van der Waals surface area contributed by atoms with Crippen LogP contribution in [-0.2, 0) is 18.2 Å². The first-order chi connectivity index (χ1) is 6.66. The molecular formula is C6H12O7P2. The molecule has 0 aromatic rings. The van der Waals surface area contributed by atoms with Gasteiger partial charge in [0.25, 0.3) is 0 Å². The molecule has 0 amide bonds. The Balaban J connectivity index is 4.06. The van der Waals surface area contributed by atoms with Gasteiger partial charge in [-0.3, -0.25) is 9.36 Å². The molecule has 0 heterocycles. The SMILES string of the molecule is C=CC(=O)CCCP(=O)(O)OP(=O)(O)O. The van der Waals surface area contributed by atoms with Gasteiger partial charge < -0.3 is 14.7 Å². The zero-order chi connectivity index (χ0) is 12.1. The topological polar surface area (TPSA) is 121 Å². The van der Waals surface area contributed by atoms with Gasteiger partial charge in [0.2, 0.25) is 0 Å². The van der Waals surface area contributed by atoms with Crippen LogP contribution in [0.25, 0.3) is 0 Å². The van der Waals surface area contributed by atoms with Crippen LogP contribution in [0.1, 0.15) is 12.8 Å². The van der Waals surface area contributed by atoms with Gasteiger partial charge in [0.1, 0.15) is 0 Å².